The van der Waals surface area contributed by atoms with Crippen LogP contribution in [0.5, 0.6) is 0 Å². The van der Waals surface area contributed by atoms with Crippen molar-refractivity contribution in [2.75, 3.05) is 0 Å². The van der Waals surface area contributed by atoms with E-state index < -0.39 is 0 Å². The second kappa shape index (κ2) is 16.1. The Morgan fingerprint density at radius 1 is 0.365 bits per heavy atom. The van der Waals surface area contributed by atoms with Crippen LogP contribution in [-0.4, -0.2) is 45.6 Å². The van der Waals surface area contributed by atoms with Crippen LogP contribution in [0.4, 0.5) is 0 Å². The van der Waals surface area contributed by atoms with Gasteiger partial charge in [0.1, 0.15) is 23.1 Å². The summed E-state index contributed by atoms with van der Waals surface area (Å²) in [5, 5.41) is 20.1. The molecule has 63 heavy (non-hydrogen) atoms. The number of aliphatic hydroxyl groups is 2. The fraction of sp³-hybridized carbons (Fsp3) is 0.930. The summed E-state index contributed by atoms with van der Waals surface area (Å²) >= 11 is 0. The van der Waals surface area contributed by atoms with Crippen molar-refractivity contribution < 1.29 is 29.4 Å². The number of carbonyl (C=O) groups excluding carboxylic acids is 4. The van der Waals surface area contributed by atoms with Gasteiger partial charge in [-0.1, -0.05) is 41.5 Å². The maximum Gasteiger partial charge on any atom is 0.139 e. The lowest BCUT2D eigenvalue weighted by Gasteiger charge is -2.60. The number of hydrogen-bond acceptors (Lipinski definition) is 6. The average Bonchev–Trinajstić information content (AvgIpc) is 3.86. The third-order valence-corrected chi connectivity index (χ3v) is 24.9. The number of hydrogen-bond donors (Lipinski definition) is 2. The van der Waals surface area contributed by atoms with Gasteiger partial charge in [0.25, 0.3) is 0 Å². The molecule has 0 aliphatic heterocycles. The zero-order valence-electron chi connectivity index (χ0n) is 40.7. The molecule has 0 radical (unpaired) electrons. The van der Waals surface area contributed by atoms with Crippen molar-refractivity contribution >= 4 is 23.1 Å². The molecule has 20 atom stereocenters. The Kier molecular flexibility index (Phi) is 11.6. The van der Waals surface area contributed by atoms with Crippen molar-refractivity contribution in [3.8, 4) is 0 Å². The van der Waals surface area contributed by atoms with Crippen LogP contribution in [-0.2, 0) is 19.2 Å². The molecule has 6 nitrogen and oxygen atoms in total. The fourth-order valence-corrected chi connectivity index (χ4v) is 20.8. The molecule has 2 N–H and O–H groups in total. The Morgan fingerprint density at radius 2 is 0.714 bits per heavy atom. The van der Waals surface area contributed by atoms with Crippen LogP contribution in [0.15, 0.2) is 0 Å². The molecule has 0 spiro atoms. The van der Waals surface area contributed by atoms with Crippen molar-refractivity contribution in [1.82, 2.24) is 0 Å². The van der Waals surface area contributed by atoms with E-state index in [-0.39, 0.29) is 28.5 Å². The minimum atomic E-state index is -0.0541. The highest BCUT2D eigenvalue weighted by atomic mass is 16.3. The van der Waals surface area contributed by atoms with Gasteiger partial charge in [-0.15, -0.1) is 0 Å². The van der Waals surface area contributed by atoms with Gasteiger partial charge in [0.05, 0.1) is 12.2 Å². The Bertz CT molecular complexity index is 1740. The molecule has 0 aromatic carbocycles. The Balaban J connectivity index is 0.000000112. The number of rotatable bonds is 0. The zero-order valence-corrected chi connectivity index (χ0v) is 40.7. The van der Waals surface area contributed by atoms with Gasteiger partial charge in [-0.05, 0) is 229 Å². The van der Waals surface area contributed by atoms with E-state index in [0.717, 1.165) is 150 Å². The molecule has 0 unspecified atom stereocenters. The predicted octanol–water partition coefficient (Wildman–Crippen LogP) is 12.1. The first-order valence-electron chi connectivity index (χ1n) is 27.3. The summed E-state index contributed by atoms with van der Waals surface area (Å²) < 4.78 is 0. The first-order valence-corrected chi connectivity index (χ1v) is 27.3. The van der Waals surface area contributed by atoms with E-state index in [0.29, 0.717) is 63.0 Å². The SMILES string of the molecule is C[C@]12CCC(=O)C[C@H]1CC[C@@H]1[C@@H]2CC[C@]2(C)C(=O)CC[C@@H]12.C[C@]12CC[C@@H](O)C[C@H]1CC[C@@H]1[C@@H]2CC[C@]2(C)C(=O)CC[C@@H]12.C[C@]12CC[C@H](O)C[C@H]1CC[C@@H]1[C@@H]2CC[C@]2(C)C(=O)CC[C@@H]12. The molecule has 0 aromatic heterocycles. The van der Waals surface area contributed by atoms with E-state index in [1.54, 1.807) is 0 Å². The summed E-state index contributed by atoms with van der Waals surface area (Å²) in [6.45, 7) is 14.3. The molecule has 0 saturated heterocycles. The second-order valence-electron chi connectivity index (χ2n) is 26.8. The minimum absolute atomic E-state index is 0.00511. The lowest BCUT2D eigenvalue weighted by Crippen LogP contribution is -2.54. The largest absolute Gasteiger partial charge is 0.393 e. The van der Waals surface area contributed by atoms with Crippen LogP contribution in [0.3, 0.4) is 0 Å². The molecule has 12 fully saturated rings. The van der Waals surface area contributed by atoms with Gasteiger partial charge >= 0.3 is 0 Å². The normalized spacial score (nSPS) is 55.4. The van der Waals surface area contributed by atoms with Crippen LogP contribution in [0, 0.1) is 104 Å². The van der Waals surface area contributed by atoms with Gasteiger partial charge in [-0.2, -0.15) is 0 Å². The quantitative estimate of drug-likeness (QED) is 0.251. The molecule has 0 bridgehead atoms. The Labute approximate surface area is 381 Å². The second-order valence-corrected chi connectivity index (χ2v) is 26.8. The maximum atomic E-state index is 12.4. The summed E-state index contributed by atoms with van der Waals surface area (Å²) in [6, 6.07) is 0. The Hall–Kier alpha value is -1.40. The summed E-state index contributed by atoms with van der Waals surface area (Å²) in [6.07, 6.45) is 29.8. The van der Waals surface area contributed by atoms with Gasteiger partial charge in [-0.3, -0.25) is 19.2 Å². The van der Waals surface area contributed by atoms with Crippen molar-refractivity contribution in [2.45, 2.75) is 227 Å². The molecule has 0 amide bonds. The lowest BCUT2D eigenvalue weighted by atomic mass is 9.45. The van der Waals surface area contributed by atoms with E-state index in [1.807, 2.05) is 0 Å². The molecule has 12 saturated carbocycles. The van der Waals surface area contributed by atoms with Gasteiger partial charge in [0.2, 0.25) is 0 Å². The van der Waals surface area contributed by atoms with Crippen molar-refractivity contribution in [1.29, 1.82) is 0 Å². The maximum absolute atomic E-state index is 12.4. The minimum Gasteiger partial charge on any atom is -0.393 e. The monoisotopic (exact) mass is 869 g/mol. The van der Waals surface area contributed by atoms with E-state index in [2.05, 4.69) is 41.5 Å². The topological polar surface area (TPSA) is 109 Å². The number of aliphatic hydroxyl groups excluding tert-OH is 2. The van der Waals surface area contributed by atoms with E-state index in [1.165, 1.54) is 70.6 Å². The average molecular weight is 869 g/mol. The fourth-order valence-electron chi connectivity index (χ4n) is 20.8. The summed E-state index contributed by atoms with van der Waals surface area (Å²) in [5.74, 6) is 10.9. The van der Waals surface area contributed by atoms with Crippen LogP contribution in [0.2, 0.25) is 0 Å². The molecule has 0 aromatic rings. The van der Waals surface area contributed by atoms with Crippen LogP contribution in [0.1, 0.15) is 215 Å². The van der Waals surface area contributed by atoms with E-state index in [4.69, 9.17) is 0 Å². The van der Waals surface area contributed by atoms with Crippen molar-refractivity contribution in [2.24, 2.45) is 104 Å². The highest BCUT2D eigenvalue weighted by Gasteiger charge is 2.63. The van der Waals surface area contributed by atoms with Crippen LogP contribution >= 0.6 is 0 Å². The molecule has 0 heterocycles. The van der Waals surface area contributed by atoms with Gasteiger partial charge in [-0.25, -0.2) is 0 Å². The summed E-state index contributed by atoms with van der Waals surface area (Å²) in [5.41, 5.74) is 1.28. The van der Waals surface area contributed by atoms with Crippen molar-refractivity contribution in [3.05, 3.63) is 0 Å². The van der Waals surface area contributed by atoms with E-state index in [9.17, 15) is 29.4 Å². The first-order chi connectivity index (χ1) is 29.8. The van der Waals surface area contributed by atoms with Crippen molar-refractivity contribution in [3.63, 3.8) is 0 Å². The molecule has 12 aliphatic carbocycles. The number of ketones is 4. The third kappa shape index (κ3) is 6.99. The molecule has 12 rings (SSSR count). The van der Waals surface area contributed by atoms with Gasteiger partial charge in [0.15, 0.2) is 0 Å². The smallest absolute Gasteiger partial charge is 0.139 e. The highest BCUT2D eigenvalue weighted by molar-refractivity contribution is 5.88. The third-order valence-electron chi connectivity index (χ3n) is 24.9. The molecular formula is C57H88O6. The molecular weight excluding hydrogens is 781 g/mol. The standard InChI is InChI=1S/2C19H30O2.C19H28O2/c3*1-18-9-7-13(20)11-12(18)3-4-14-15-5-6-17(21)19(15,2)10-8-16(14)18/h2*12-16,20H,3-11H2,1-2H3;12,14-16H,3-11H2,1-2H3/t12-,13+,14+,15+,16+,18+,19+;12-,13-,14+,15+,16+,18+,19+;12-,14+,15+,16+,18+,19+/m111/s1. The van der Waals surface area contributed by atoms with Crippen LogP contribution in [0.25, 0.3) is 0 Å². The molecule has 12 aliphatic rings. The summed E-state index contributed by atoms with van der Waals surface area (Å²) in [7, 11) is 0. The first kappa shape index (κ1) is 45.4. The van der Waals surface area contributed by atoms with E-state index >= 15 is 0 Å². The zero-order chi connectivity index (χ0) is 44.5. The van der Waals surface area contributed by atoms with Gasteiger partial charge < -0.3 is 10.2 Å². The molecule has 352 valence electrons. The molecule has 6 heteroatoms. The number of carbonyl (C=O) groups is 4. The predicted molar refractivity (Wildman–Crippen MR) is 247 cm³/mol. The van der Waals surface area contributed by atoms with Gasteiger partial charge in [0, 0.05) is 48.3 Å². The highest BCUT2D eigenvalue weighted by Crippen LogP contribution is 2.68. The number of Topliss-reactive ketones (excluding diaryl/α,β-unsaturated/α-hetero) is 4. The summed E-state index contributed by atoms with van der Waals surface area (Å²) in [4.78, 5) is 49.0. The lowest BCUT2D eigenvalue weighted by molar-refractivity contribution is -0.144. The Morgan fingerprint density at radius 3 is 1.10 bits per heavy atom. The van der Waals surface area contributed by atoms with Crippen LogP contribution < -0.4 is 0 Å². The number of fused-ring (bicyclic) bond motifs is 15.